The molecule has 0 bridgehead atoms. The van der Waals surface area contributed by atoms with E-state index in [0.29, 0.717) is 36.1 Å². The van der Waals surface area contributed by atoms with Gasteiger partial charge in [-0.3, -0.25) is 9.59 Å². The largest absolute Gasteiger partial charge is 0.494 e. The molecule has 6 rings (SSSR count). The lowest BCUT2D eigenvalue weighted by Crippen LogP contribution is -2.41. The molecule has 36 heavy (non-hydrogen) atoms. The summed E-state index contributed by atoms with van der Waals surface area (Å²) in [6.07, 6.45) is 3.27. The van der Waals surface area contributed by atoms with E-state index >= 15 is 0 Å². The molecule has 0 N–H and O–H groups in total. The van der Waals surface area contributed by atoms with Gasteiger partial charge in [0.1, 0.15) is 11.9 Å². The van der Waals surface area contributed by atoms with Gasteiger partial charge in [0, 0.05) is 6.54 Å². The second-order valence-electron chi connectivity index (χ2n) is 10.2. The molecule has 0 aromatic heterocycles. The van der Waals surface area contributed by atoms with E-state index in [9.17, 15) is 9.59 Å². The quantitative estimate of drug-likeness (QED) is 0.572. The Balaban J connectivity index is 1.39. The van der Waals surface area contributed by atoms with Crippen LogP contribution >= 0.6 is 0 Å². The number of carbonyl (C=O) groups excluding carboxylic acids is 2. The minimum absolute atomic E-state index is 0.0548. The smallest absolute Gasteiger partial charge is 0.290 e. The first-order valence-corrected chi connectivity index (χ1v) is 12.9. The Kier molecular flexibility index (Phi) is 5.86. The number of Topliss-reactive ketones (excluding diaryl/α,β-unsaturated/α-hetero) is 1. The number of amides is 1. The first kappa shape index (κ1) is 23.0. The maximum Gasteiger partial charge on any atom is 0.290 e. The molecule has 188 valence electrons. The second-order valence-corrected chi connectivity index (χ2v) is 10.2. The zero-order valence-corrected chi connectivity index (χ0v) is 20.7. The van der Waals surface area contributed by atoms with Gasteiger partial charge in [0.05, 0.1) is 24.1 Å². The molecule has 1 fully saturated rings. The standard InChI is InChI=1S/C29H31NO6/c1-3-11-33-20-6-4-5-19(14-20)26-25-27(31)21-12-17(2)7-9-22(21)36-28(25)29(32)30(26)15-18-8-10-23-24(13-18)35-16-34-23/h4-6,8,10,13-14,17,21-22,26H,3,7,9,11-12,15-16H2,1-2H3. The van der Waals surface area contributed by atoms with E-state index in [4.69, 9.17) is 18.9 Å². The highest BCUT2D eigenvalue weighted by Crippen LogP contribution is 2.48. The Morgan fingerprint density at radius 2 is 1.92 bits per heavy atom. The van der Waals surface area contributed by atoms with Gasteiger partial charge in [0.2, 0.25) is 6.79 Å². The van der Waals surface area contributed by atoms with Gasteiger partial charge in [0.15, 0.2) is 23.0 Å². The molecule has 0 radical (unpaired) electrons. The highest BCUT2D eigenvalue weighted by Gasteiger charge is 2.52. The van der Waals surface area contributed by atoms with Gasteiger partial charge in [-0.2, -0.15) is 0 Å². The van der Waals surface area contributed by atoms with Gasteiger partial charge in [-0.25, -0.2) is 0 Å². The number of hydrogen-bond donors (Lipinski definition) is 0. The molecule has 0 saturated heterocycles. The van der Waals surface area contributed by atoms with Gasteiger partial charge >= 0.3 is 0 Å². The fourth-order valence-corrected chi connectivity index (χ4v) is 5.86. The molecule has 1 amide bonds. The van der Waals surface area contributed by atoms with Crippen molar-refractivity contribution in [3.63, 3.8) is 0 Å². The minimum atomic E-state index is -0.534. The van der Waals surface area contributed by atoms with Gasteiger partial charge < -0.3 is 23.8 Å². The van der Waals surface area contributed by atoms with Crippen LogP contribution in [0.15, 0.2) is 53.8 Å². The maximum absolute atomic E-state index is 13.9. The molecule has 4 unspecified atom stereocenters. The molecule has 7 heteroatoms. The first-order chi connectivity index (χ1) is 17.5. The SMILES string of the molecule is CCCOc1cccc(C2C3=C(OC4CCC(C)CC4C3=O)C(=O)N2Cc2ccc3c(c2)OCO3)c1. The van der Waals surface area contributed by atoms with E-state index in [1.165, 1.54) is 0 Å². The molecule has 4 aliphatic rings. The summed E-state index contributed by atoms with van der Waals surface area (Å²) in [6.45, 7) is 5.35. The molecule has 2 aromatic rings. The summed E-state index contributed by atoms with van der Waals surface area (Å²) in [5.74, 6) is 2.39. The van der Waals surface area contributed by atoms with Crippen molar-refractivity contribution < 1.29 is 28.5 Å². The summed E-state index contributed by atoms with van der Waals surface area (Å²) in [5.41, 5.74) is 2.24. The normalized spacial score (nSPS) is 26.6. The molecule has 4 atom stereocenters. The van der Waals surface area contributed by atoms with Crippen LogP contribution in [0.4, 0.5) is 0 Å². The fraction of sp³-hybridized carbons (Fsp3) is 0.448. The fourth-order valence-electron chi connectivity index (χ4n) is 5.86. The van der Waals surface area contributed by atoms with Crippen LogP contribution < -0.4 is 14.2 Å². The third-order valence-corrected chi connectivity index (χ3v) is 7.64. The van der Waals surface area contributed by atoms with E-state index in [0.717, 1.165) is 42.6 Å². The van der Waals surface area contributed by atoms with E-state index in [1.54, 1.807) is 4.90 Å². The third-order valence-electron chi connectivity index (χ3n) is 7.64. The molecular weight excluding hydrogens is 458 g/mol. The van der Waals surface area contributed by atoms with Crippen molar-refractivity contribution in [1.29, 1.82) is 0 Å². The topological polar surface area (TPSA) is 74.3 Å². The van der Waals surface area contributed by atoms with Crippen LogP contribution in [0.25, 0.3) is 0 Å². The van der Waals surface area contributed by atoms with Crippen LogP contribution in [0.2, 0.25) is 0 Å². The number of ether oxygens (including phenoxy) is 4. The maximum atomic E-state index is 13.9. The number of nitrogens with zero attached hydrogens (tertiary/aromatic N) is 1. The lowest BCUT2D eigenvalue weighted by atomic mass is 9.74. The van der Waals surface area contributed by atoms with Crippen LogP contribution in [0.1, 0.15) is 56.7 Å². The average molecular weight is 490 g/mol. The summed E-state index contributed by atoms with van der Waals surface area (Å²) >= 11 is 0. The molecule has 2 aromatic carbocycles. The monoisotopic (exact) mass is 489 g/mol. The molecule has 3 aliphatic heterocycles. The summed E-state index contributed by atoms with van der Waals surface area (Å²) in [6, 6.07) is 12.9. The van der Waals surface area contributed by atoms with Crippen LogP contribution in [0, 0.1) is 11.8 Å². The molecule has 0 spiro atoms. The Hall–Kier alpha value is -3.48. The predicted octanol–water partition coefficient (Wildman–Crippen LogP) is 4.95. The van der Waals surface area contributed by atoms with E-state index < -0.39 is 6.04 Å². The first-order valence-electron chi connectivity index (χ1n) is 12.9. The lowest BCUT2D eigenvalue weighted by molar-refractivity contribution is -0.136. The number of rotatable bonds is 6. The lowest BCUT2D eigenvalue weighted by Gasteiger charge is -2.37. The van der Waals surface area contributed by atoms with Crippen molar-refractivity contribution in [1.82, 2.24) is 4.90 Å². The number of fused-ring (bicyclic) bond motifs is 2. The van der Waals surface area contributed by atoms with Crippen LogP contribution in [0.5, 0.6) is 17.2 Å². The Morgan fingerprint density at radius 3 is 2.78 bits per heavy atom. The van der Waals surface area contributed by atoms with Crippen molar-refractivity contribution in [2.45, 2.75) is 58.2 Å². The Bertz CT molecular complexity index is 1240. The molecule has 1 aliphatic carbocycles. The van der Waals surface area contributed by atoms with E-state index in [1.807, 2.05) is 42.5 Å². The van der Waals surface area contributed by atoms with Gasteiger partial charge in [-0.15, -0.1) is 0 Å². The predicted molar refractivity (Wildman–Crippen MR) is 131 cm³/mol. The Morgan fingerprint density at radius 1 is 1.06 bits per heavy atom. The van der Waals surface area contributed by atoms with Crippen LogP contribution in [-0.4, -0.2) is 36.1 Å². The van der Waals surface area contributed by atoms with E-state index in [-0.39, 0.29) is 36.3 Å². The van der Waals surface area contributed by atoms with Gasteiger partial charge in [-0.05, 0) is 67.0 Å². The van der Waals surface area contributed by atoms with Crippen molar-refractivity contribution in [2.75, 3.05) is 13.4 Å². The highest BCUT2D eigenvalue weighted by atomic mass is 16.7. The van der Waals surface area contributed by atoms with Crippen LogP contribution in [-0.2, 0) is 20.9 Å². The summed E-state index contributed by atoms with van der Waals surface area (Å²) in [4.78, 5) is 29.5. The van der Waals surface area contributed by atoms with Crippen molar-refractivity contribution in [3.8, 4) is 17.2 Å². The summed E-state index contributed by atoms with van der Waals surface area (Å²) in [5, 5.41) is 0. The minimum Gasteiger partial charge on any atom is -0.494 e. The number of ketones is 1. The molecular formula is C29H31NO6. The number of hydrogen-bond acceptors (Lipinski definition) is 6. The molecule has 1 saturated carbocycles. The van der Waals surface area contributed by atoms with Crippen LogP contribution in [0.3, 0.4) is 0 Å². The average Bonchev–Trinajstić information content (AvgIpc) is 3.46. The van der Waals surface area contributed by atoms with Crippen molar-refractivity contribution >= 4 is 11.7 Å². The van der Waals surface area contributed by atoms with E-state index in [2.05, 4.69) is 13.8 Å². The highest BCUT2D eigenvalue weighted by molar-refractivity contribution is 6.11. The zero-order chi connectivity index (χ0) is 24.8. The number of carbonyl (C=O) groups is 2. The summed E-state index contributed by atoms with van der Waals surface area (Å²) in [7, 11) is 0. The van der Waals surface area contributed by atoms with Gasteiger partial charge in [0.25, 0.3) is 5.91 Å². The zero-order valence-electron chi connectivity index (χ0n) is 20.7. The second kappa shape index (κ2) is 9.19. The molecule has 3 heterocycles. The Labute approximate surface area is 211 Å². The summed E-state index contributed by atoms with van der Waals surface area (Å²) < 4.78 is 23.2. The van der Waals surface area contributed by atoms with Crippen molar-refractivity contribution in [2.24, 2.45) is 11.8 Å². The van der Waals surface area contributed by atoms with Gasteiger partial charge in [-0.1, -0.05) is 32.0 Å². The number of benzene rings is 2. The molecule has 7 nitrogen and oxygen atoms in total. The van der Waals surface area contributed by atoms with Crippen molar-refractivity contribution in [3.05, 3.63) is 64.9 Å². The third kappa shape index (κ3) is 3.91.